The molecule has 0 spiro atoms. The number of hydrogen-bond donors (Lipinski definition) is 3. The average molecular weight is 540 g/mol. The van der Waals surface area contributed by atoms with Gasteiger partial charge in [-0.15, -0.1) is 0 Å². The summed E-state index contributed by atoms with van der Waals surface area (Å²) in [4.78, 5) is 29.6. The molecule has 208 valence electrons. The highest BCUT2D eigenvalue weighted by Crippen LogP contribution is 2.24. The van der Waals surface area contributed by atoms with Crippen molar-refractivity contribution < 1.29 is 27.2 Å². The topological polar surface area (TPSA) is 119 Å². The Morgan fingerprint density at radius 3 is 2.55 bits per heavy atom. The van der Waals surface area contributed by atoms with Gasteiger partial charge in [0.05, 0.1) is 12.0 Å². The van der Waals surface area contributed by atoms with Crippen LogP contribution in [0.2, 0.25) is 0 Å². The molecule has 4 N–H and O–H groups in total. The molecule has 1 aromatic carbocycles. The predicted molar refractivity (Wildman–Crippen MR) is 136 cm³/mol. The number of hydrogen-bond acceptors (Lipinski definition) is 6. The highest BCUT2D eigenvalue weighted by atomic mass is 19.4. The van der Waals surface area contributed by atoms with Crippen LogP contribution < -0.4 is 11.2 Å². The van der Waals surface area contributed by atoms with Gasteiger partial charge in [-0.1, -0.05) is 6.07 Å². The minimum Gasteiger partial charge on any atom is -0.373 e. The van der Waals surface area contributed by atoms with Gasteiger partial charge in [0.25, 0.3) is 0 Å². The summed E-state index contributed by atoms with van der Waals surface area (Å²) in [5.74, 6) is 6.08. The number of benzene rings is 1. The molecule has 13 heteroatoms. The fourth-order valence-corrected chi connectivity index (χ4v) is 3.58. The summed E-state index contributed by atoms with van der Waals surface area (Å²) in [6.07, 6.45) is -4.60. The minimum atomic E-state index is -4.32. The summed E-state index contributed by atoms with van der Waals surface area (Å²) < 4.78 is 50.2. The van der Waals surface area contributed by atoms with E-state index in [2.05, 4.69) is 10.3 Å². The van der Waals surface area contributed by atoms with Gasteiger partial charge < -0.3 is 15.1 Å². The molecule has 2 heterocycles. The van der Waals surface area contributed by atoms with Crippen LogP contribution in [0.3, 0.4) is 0 Å². The summed E-state index contributed by atoms with van der Waals surface area (Å²) in [5, 5.41) is 12.2. The van der Waals surface area contributed by atoms with Crippen molar-refractivity contribution in [3.05, 3.63) is 58.5 Å². The van der Waals surface area contributed by atoms with Crippen LogP contribution in [0.25, 0.3) is 0 Å². The molecule has 38 heavy (non-hydrogen) atoms. The largest absolute Gasteiger partial charge is 0.390 e. The number of nitrogens with one attached hydrogen (secondary N) is 2. The zero-order chi connectivity index (χ0) is 28.6. The lowest BCUT2D eigenvalue weighted by Gasteiger charge is -2.32. The van der Waals surface area contributed by atoms with Gasteiger partial charge in [0.15, 0.2) is 12.1 Å². The van der Waals surface area contributed by atoms with E-state index < -0.39 is 31.0 Å². The van der Waals surface area contributed by atoms with E-state index in [1.165, 1.54) is 29.1 Å². The van der Waals surface area contributed by atoms with E-state index in [0.717, 1.165) is 10.7 Å². The molecule has 1 aromatic heterocycles. The third kappa shape index (κ3) is 8.40. The number of rotatable bonds is 6. The Balaban J connectivity index is 0.000000293. The number of alkyl halides is 3. The number of nitrogens with two attached hydrogens (primary N) is 1. The molecule has 0 bridgehead atoms. The number of fused-ring (bicyclic) bond motifs is 1. The van der Waals surface area contributed by atoms with Crippen LogP contribution in [0.1, 0.15) is 47.4 Å². The first-order valence-corrected chi connectivity index (χ1v) is 11.9. The number of aldehydes is 1. The zero-order valence-electron chi connectivity index (χ0n) is 21.8. The van der Waals surface area contributed by atoms with Gasteiger partial charge in [-0.25, -0.2) is 20.0 Å². The van der Waals surface area contributed by atoms with Gasteiger partial charge >= 0.3 is 12.2 Å². The second-order valence-corrected chi connectivity index (χ2v) is 9.01. The fourth-order valence-electron chi connectivity index (χ4n) is 3.58. The van der Waals surface area contributed by atoms with E-state index >= 15 is 0 Å². The molecule has 2 amide bonds. The molecule has 0 saturated carbocycles. The molecule has 0 aliphatic carbocycles. The first kappa shape index (κ1) is 30.5. The molecule has 0 unspecified atom stereocenters. The van der Waals surface area contributed by atoms with Gasteiger partial charge in [0.1, 0.15) is 17.3 Å². The highest BCUT2D eigenvalue weighted by molar-refractivity contribution is 5.94. The molecular weight excluding hydrogens is 506 g/mol. The van der Waals surface area contributed by atoms with E-state index in [1.807, 2.05) is 26.0 Å². The number of aromatic nitrogens is 1. The van der Waals surface area contributed by atoms with Crippen molar-refractivity contribution in [2.24, 2.45) is 5.84 Å². The zero-order valence-corrected chi connectivity index (χ0v) is 21.8. The van der Waals surface area contributed by atoms with Gasteiger partial charge in [0.2, 0.25) is 0 Å². The second kappa shape index (κ2) is 13.2. The molecule has 1 aliphatic rings. The van der Waals surface area contributed by atoms with E-state index in [1.54, 1.807) is 13.1 Å². The van der Waals surface area contributed by atoms with Crippen LogP contribution in [0.4, 0.5) is 28.2 Å². The number of pyridine rings is 1. The lowest BCUT2D eigenvalue weighted by Crippen LogP contribution is -2.44. The Labute approximate surface area is 219 Å². The van der Waals surface area contributed by atoms with Crippen LogP contribution in [-0.2, 0) is 13.0 Å². The van der Waals surface area contributed by atoms with Gasteiger partial charge in [0, 0.05) is 39.8 Å². The smallest absolute Gasteiger partial charge is 0.373 e. The lowest BCUT2D eigenvalue weighted by molar-refractivity contribution is -0.136. The van der Waals surface area contributed by atoms with Gasteiger partial charge in [-0.2, -0.15) is 13.2 Å². The van der Waals surface area contributed by atoms with E-state index in [9.17, 15) is 27.2 Å². The van der Waals surface area contributed by atoms with Crippen molar-refractivity contribution in [2.75, 3.05) is 32.5 Å². The Morgan fingerprint density at radius 1 is 1.29 bits per heavy atom. The Bertz CT molecular complexity index is 1140. The Morgan fingerprint density at radius 2 is 1.97 bits per heavy atom. The molecule has 1 aliphatic heterocycles. The number of hydrazine groups is 1. The number of halogens is 4. The average Bonchev–Trinajstić information content (AvgIpc) is 2.89. The lowest BCUT2D eigenvalue weighted by atomic mass is 9.97. The standard InChI is InChI=1S/C15H16F4N2O2.C10H17N5/c1-20(5-3-15(17,18)19)14(23)21-4-2-10-7-13(16)12(9-22)6-11(10)8-21;1-7(2)15(12)10(11)8-5-4-6-9(13-3)14-8/h6-7,9H,2-5,8H2,1H3;4-7,11H,12H2,1-3H3,(H,13,14). The summed E-state index contributed by atoms with van der Waals surface area (Å²) >= 11 is 0. The number of carbonyl (C=O) groups is 2. The third-order valence-corrected chi connectivity index (χ3v) is 5.85. The predicted octanol–water partition coefficient (Wildman–Crippen LogP) is 4.03. The summed E-state index contributed by atoms with van der Waals surface area (Å²) in [6.45, 7) is 3.87. The number of anilines is 1. The highest BCUT2D eigenvalue weighted by Gasteiger charge is 2.30. The maximum atomic E-state index is 13.5. The molecule has 2 aromatic rings. The van der Waals surface area contributed by atoms with Crippen molar-refractivity contribution in [1.82, 2.24) is 19.8 Å². The van der Waals surface area contributed by atoms with E-state index in [0.29, 0.717) is 36.1 Å². The molecular formula is C25H33F4N7O2. The quantitative estimate of drug-likeness (QED) is 0.127. The monoisotopic (exact) mass is 539 g/mol. The van der Waals surface area contributed by atoms with Crippen LogP contribution >= 0.6 is 0 Å². The summed E-state index contributed by atoms with van der Waals surface area (Å²) in [5.41, 5.74) is 1.81. The fraction of sp³-hybridized carbons (Fsp3) is 0.440. The third-order valence-electron chi connectivity index (χ3n) is 5.85. The molecule has 0 fully saturated rings. The molecule has 0 radical (unpaired) electrons. The maximum absolute atomic E-state index is 13.5. The van der Waals surface area contributed by atoms with Crippen molar-refractivity contribution in [2.45, 2.75) is 45.5 Å². The summed E-state index contributed by atoms with van der Waals surface area (Å²) in [6, 6.07) is 7.67. The van der Waals surface area contributed by atoms with Crippen LogP contribution in [0.5, 0.6) is 0 Å². The molecule has 0 saturated heterocycles. The summed E-state index contributed by atoms with van der Waals surface area (Å²) in [7, 11) is 3.10. The van der Waals surface area contributed by atoms with E-state index in [4.69, 9.17) is 11.3 Å². The van der Waals surface area contributed by atoms with Crippen LogP contribution in [-0.4, -0.2) is 77.3 Å². The Kier molecular flexibility index (Phi) is 10.6. The number of urea groups is 1. The van der Waals surface area contributed by atoms with Crippen molar-refractivity contribution in [3.8, 4) is 0 Å². The minimum absolute atomic E-state index is 0.0811. The first-order chi connectivity index (χ1) is 17.8. The normalized spacial score (nSPS) is 12.7. The van der Waals surface area contributed by atoms with Crippen LogP contribution in [0, 0.1) is 11.2 Å². The van der Waals surface area contributed by atoms with E-state index in [-0.39, 0.29) is 24.0 Å². The van der Waals surface area contributed by atoms with Gasteiger partial charge in [-0.3, -0.25) is 15.2 Å². The molecule has 9 nitrogen and oxygen atoms in total. The maximum Gasteiger partial charge on any atom is 0.390 e. The SMILES string of the molecule is CN(CCC(F)(F)F)C(=O)N1CCc2cc(F)c(C=O)cc2C1.CNc1cccc(C(=N)N(N)C(C)C)n1. The van der Waals surface area contributed by atoms with Crippen molar-refractivity contribution in [3.63, 3.8) is 0 Å². The number of amides is 2. The second-order valence-electron chi connectivity index (χ2n) is 9.01. The number of amidine groups is 1. The number of nitrogens with zero attached hydrogens (tertiary/aromatic N) is 4. The van der Waals surface area contributed by atoms with Crippen molar-refractivity contribution >= 4 is 24.0 Å². The molecule has 0 atom stereocenters. The van der Waals surface area contributed by atoms with Gasteiger partial charge in [-0.05, 0) is 55.7 Å². The Hall–Kier alpha value is -3.74. The number of carbonyl (C=O) groups excluding carboxylic acids is 2. The van der Waals surface area contributed by atoms with Crippen molar-refractivity contribution in [1.29, 1.82) is 5.41 Å². The molecule has 3 rings (SSSR count). The van der Waals surface area contributed by atoms with Crippen LogP contribution in [0.15, 0.2) is 30.3 Å². The first-order valence-electron chi connectivity index (χ1n) is 11.9.